The Balaban J connectivity index is 0.00000157. The molecule has 1 aromatic carbocycles. The lowest BCUT2D eigenvalue weighted by atomic mass is 9.65. The predicted octanol–water partition coefficient (Wildman–Crippen LogP) is 4.55. The van der Waals surface area contributed by atoms with Gasteiger partial charge >= 0.3 is 0 Å². The van der Waals surface area contributed by atoms with Crippen LogP contribution in [-0.4, -0.2) is 33.7 Å². The topological polar surface area (TPSA) is 28.4 Å². The van der Waals surface area contributed by atoms with Crippen molar-refractivity contribution in [1.82, 2.24) is 9.47 Å². The molecule has 25 heavy (non-hydrogen) atoms. The van der Waals surface area contributed by atoms with Crippen molar-refractivity contribution in [3.63, 3.8) is 0 Å². The Morgan fingerprint density at radius 3 is 2.80 bits per heavy atom. The summed E-state index contributed by atoms with van der Waals surface area (Å²) in [5.41, 5.74) is 4.45. The summed E-state index contributed by atoms with van der Waals surface area (Å²) in [6.45, 7) is 8.19. The van der Waals surface area contributed by atoms with Crippen LogP contribution in [0.4, 0.5) is 0 Å². The Morgan fingerprint density at radius 2 is 2.04 bits per heavy atom. The molecule has 3 aliphatic heterocycles. The Labute approximate surface area is 156 Å². The van der Waals surface area contributed by atoms with Gasteiger partial charge in [0.2, 0.25) is 0 Å². The third-order valence-electron chi connectivity index (χ3n) is 7.07. The van der Waals surface area contributed by atoms with Crippen molar-refractivity contribution in [3.8, 4) is 5.75 Å². The lowest BCUT2D eigenvalue weighted by Crippen LogP contribution is -2.56. The normalized spacial score (nSPS) is 33.0. The average Bonchev–Trinajstić information content (AvgIpc) is 2.85. The molecule has 0 amide bonds. The van der Waals surface area contributed by atoms with Gasteiger partial charge in [-0.05, 0) is 61.8 Å². The van der Waals surface area contributed by atoms with E-state index >= 15 is 0 Å². The molecule has 1 aliphatic carbocycles. The van der Waals surface area contributed by atoms with Crippen molar-refractivity contribution < 1.29 is 5.11 Å². The molecular weight excluding hydrogens is 332 g/mol. The minimum absolute atomic E-state index is 0. The molecule has 0 spiro atoms. The fourth-order valence-electron chi connectivity index (χ4n) is 6.28. The van der Waals surface area contributed by atoms with Crippen molar-refractivity contribution >= 4 is 23.3 Å². The van der Waals surface area contributed by atoms with E-state index in [2.05, 4.69) is 29.4 Å². The van der Waals surface area contributed by atoms with E-state index < -0.39 is 0 Å². The van der Waals surface area contributed by atoms with Gasteiger partial charge in [0.15, 0.2) is 0 Å². The Hall–Kier alpha value is -1.19. The zero-order chi connectivity index (χ0) is 16.4. The number of fused-ring (bicyclic) bond motifs is 4. The minimum atomic E-state index is 0. The quantitative estimate of drug-likeness (QED) is 0.851. The maximum absolute atomic E-state index is 10.0. The number of piperidine rings is 2. The van der Waals surface area contributed by atoms with Crippen LogP contribution in [0.25, 0.3) is 10.9 Å². The van der Waals surface area contributed by atoms with Crippen LogP contribution >= 0.6 is 12.4 Å². The molecule has 4 heteroatoms. The lowest BCUT2D eigenvalue weighted by Gasteiger charge is -2.53. The SMILES string of the molecule is CC[C@H]1C[C@@H]2C[C@H]3c4c(c5cc(O)ccc5n4CC)CCN(C2)[C@@H]13.Cl. The van der Waals surface area contributed by atoms with E-state index in [1.165, 1.54) is 48.8 Å². The van der Waals surface area contributed by atoms with Gasteiger partial charge in [0.25, 0.3) is 0 Å². The second-order valence-corrected chi connectivity index (χ2v) is 8.16. The number of aryl methyl sites for hydroxylation is 1. The molecule has 0 radical (unpaired) electrons. The van der Waals surface area contributed by atoms with Crippen molar-refractivity contribution in [2.75, 3.05) is 13.1 Å². The summed E-state index contributed by atoms with van der Waals surface area (Å²) in [4.78, 5) is 2.81. The van der Waals surface area contributed by atoms with Crippen molar-refractivity contribution in [2.45, 2.75) is 58.0 Å². The summed E-state index contributed by atoms with van der Waals surface area (Å²) in [7, 11) is 0. The zero-order valence-electron chi connectivity index (χ0n) is 15.2. The molecule has 136 valence electrons. The first-order valence-electron chi connectivity index (χ1n) is 9.79. The first-order valence-corrected chi connectivity index (χ1v) is 9.79. The van der Waals surface area contributed by atoms with Gasteiger partial charge in [0, 0.05) is 48.2 Å². The van der Waals surface area contributed by atoms with Crippen LogP contribution in [0.1, 0.15) is 50.3 Å². The summed E-state index contributed by atoms with van der Waals surface area (Å²) < 4.78 is 2.56. The molecule has 1 saturated carbocycles. The third kappa shape index (κ3) is 2.35. The van der Waals surface area contributed by atoms with Crippen molar-refractivity contribution in [1.29, 1.82) is 0 Å². The van der Waals surface area contributed by atoms with E-state index in [4.69, 9.17) is 0 Å². The van der Waals surface area contributed by atoms with E-state index in [0.717, 1.165) is 30.8 Å². The molecule has 3 fully saturated rings. The summed E-state index contributed by atoms with van der Waals surface area (Å²) in [5, 5.41) is 11.3. The zero-order valence-corrected chi connectivity index (χ0v) is 16.1. The van der Waals surface area contributed by atoms with Gasteiger partial charge in [-0.25, -0.2) is 0 Å². The fraction of sp³-hybridized carbons (Fsp3) is 0.619. The number of hydrogen-bond donors (Lipinski definition) is 1. The number of phenols is 1. The van der Waals surface area contributed by atoms with E-state index in [-0.39, 0.29) is 12.4 Å². The Morgan fingerprint density at radius 1 is 1.20 bits per heavy atom. The van der Waals surface area contributed by atoms with Crippen molar-refractivity contribution in [2.24, 2.45) is 11.8 Å². The number of rotatable bonds is 2. The standard InChI is InChI=1S/C21H28N2O.ClH/c1-3-14-9-13-10-18-20(14)22(12-13)8-7-16-17-11-15(24)5-6-19(17)23(4-2)21(16)18;/h5-6,11,13-14,18,20,24H,3-4,7-10,12H2,1-2H3;1H/t13-,14+,18-,20+;/m1./s1. The highest BCUT2D eigenvalue weighted by atomic mass is 35.5. The molecule has 6 rings (SSSR count). The predicted molar refractivity (Wildman–Crippen MR) is 105 cm³/mol. The van der Waals surface area contributed by atoms with Gasteiger partial charge in [-0.1, -0.05) is 13.3 Å². The first kappa shape index (κ1) is 17.2. The maximum Gasteiger partial charge on any atom is 0.116 e. The van der Waals surface area contributed by atoms with Gasteiger partial charge in [-0.3, -0.25) is 4.90 Å². The molecule has 3 nitrogen and oxygen atoms in total. The number of phenolic OH excluding ortho intramolecular Hbond substituents is 1. The number of benzene rings is 1. The van der Waals surface area contributed by atoms with E-state index in [0.29, 0.717) is 11.7 Å². The van der Waals surface area contributed by atoms with Crippen LogP contribution in [0.3, 0.4) is 0 Å². The monoisotopic (exact) mass is 360 g/mol. The molecule has 4 bridgehead atoms. The Bertz CT molecular complexity index is 799. The van der Waals surface area contributed by atoms with Crippen LogP contribution in [-0.2, 0) is 13.0 Å². The number of aromatic hydroxyl groups is 1. The van der Waals surface area contributed by atoms with Crippen LogP contribution < -0.4 is 0 Å². The average molecular weight is 361 g/mol. The molecule has 2 aromatic rings. The maximum atomic E-state index is 10.0. The summed E-state index contributed by atoms with van der Waals surface area (Å²) in [5.74, 6) is 2.84. The fourth-order valence-corrected chi connectivity index (χ4v) is 6.28. The Kier molecular flexibility index (Phi) is 4.28. The summed E-state index contributed by atoms with van der Waals surface area (Å²) in [6, 6.07) is 6.71. The first-order chi connectivity index (χ1) is 11.7. The highest BCUT2D eigenvalue weighted by Crippen LogP contribution is 2.52. The highest BCUT2D eigenvalue weighted by molar-refractivity contribution is 5.87. The molecule has 4 aliphatic rings. The molecular formula is C21H29ClN2O. The van der Waals surface area contributed by atoms with Crippen LogP contribution in [0.15, 0.2) is 18.2 Å². The summed E-state index contributed by atoms with van der Waals surface area (Å²) in [6.07, 6.45) is 5.26. The van der Waals surface area contributed by atoms with Crippen molar-refractivity contribution in [3.05, 3.63) is 29.5 Å². The van der Waals surface area contributed by atoms with E-state index in [9.17, 15) is 5.11 Å². The van der Waals surface area contributed by atoms with Crippen LogP contribution in [0.5, 0.6) is 5.75 Å². The van der Waals surface area contributed by atoms with Gasteiger partial charge in [0.1, 0.15) is 5.75 Å². The van der Waals surface area contributed by atoms with Gasteiger partial charge in [0.05, 0.1) is 0 Å². The minimum Gasteiger partial charge on any atom is -0.508 e. The molecule has 1 N–H and O–H groups in total. The summed E-state index contributed by atoms with van der Waals surface area (Å²) >= 11 is 0. The third-order valence-corrected chi connectivity index (χ3v) is 7.07. The van der Waals surface area contributed by atoms with E-state index in [1.807, 2.05) is 12.1 Å². The smallest absolute Gasteiger partial charge is 0.116 e. The number of halogens is 1. The number of aromatic nitrogens is 1. The largest absolute Gasteiger partial charge is 0.508 e. The number of hydrogen-bond acceptors (Lipinski definition) is 2. The highest BCUT2D eigenvalue weighted by Gasteiger charge is 2.49. The van der Waals surface area contributed by atoms with Crippen LogP contribution in [0.2, 0.25) is 0 Å². The van der Waals surface area contributed by atoms with Gasteiger partial charge < -0.3 is 9.67 Å². The van der Waals surface area contributed by atoms with E-state index in [1.54, 1.807) is 5.69 Å². The molecule has 1 unspecified atom stereocenters. The molecule has 1 aromatic heterocycles. The molecule has 5 atom stereocenters. The lowest BCUT2D eigenvalue weighted by molar-refractivity contribution is -0.0141. The van der Waals surface area contributed by atoms with Gasteiger partial charge in [-0.15, -0.1) is 12.4 Å². The number of nitrogens with zero attached hydrogens (tertiary/aromatic N) is 2. The van der Waals surface area contributed by atoms with Crippen LogP contribution in [0, 0.1) is 11.8 Å². The second kappa shape index (κ2) is 6.21. The second-order valence-electron chi connectivity index (χ2n) is 8.16. The molecule has 4 heterocycles. The molecule has 2 saturated heterocycles. The van der Waals surface area contributed by atoms with Gasteiger partial charge in [-0.2, -0.15) is 0 Å².